The average Bonchev–Trinajstić information content (AvgIpc) is 2.64. The Morgan fingerprint density at radius 2 is 2.06 bits per heavy atom. The Hall–Kier alpha value is -0.900. The Bertz CT molecular complexity index is 367. The van der Waals surface area contributed by atoms with Gasteiger partial charge >= 0.3 is 0 Å². The van der Waals surface area contributed by atoms with Crippen LogP contribution >= 0.6 is 0 Å². The number of hydrogen-bond donors (Lipinski definition) is 2. The fourth-order valence-electron chi connectivity index (χ4n) is 2.74. The molecule has 1 heterocycles. The molecule has 1 fully saturated rings. The molecule has 1 aromatic rings. The van der Waals surface area contributed by atoms with Gasteiger partial charge in [-0.1, -0.05) is 37.1 Å². The van der Waals surface area contributed by atoms with Crippen LogP contribution < -0.4 is 5.73 Å². The molecule has 0 bridgehead atoms. The van der Waals surface area contributed by atoms with Crippen molar-refractivity contribution in [2.75, 3.05) is 13.2 Å². The van der Waals surface area contributed by atoms with Gasteiger partial charge in [0.2, 0.25) is 0 Å². The first-order valence-corrected chi connectivity index (χ1v) is 6.96. The maximum absolute atomic E-state index is 9.50. The molecule has 3 nitrogen and oxygen atoms in total. The summed E-state index contributed by atoms with van der Waals surface area (Å²) < 4.78 is 0. The number of aliphatic hydroxyl groups excluding tert-OH is 1. The second-order valence-electron chi connectivity index (χ2n) is 5.18. The third-order valence-electron chi connectivity index (χ3n) is 3.82. The summed E-state index contributed by atoms with van der Waals surface area (Å²) in [6.07, 6.45) is 4.89. The smallest absolute Gasteiger partial charge is 0.0586 e. The SMILES string of the molecule is NCc1cccc(CN2CCCCCC2CO)c1. The van der Waals surface area contributed by atoms with Crippen LogP contribution in [0.4, 0.5) is 0 Å². The number of likely N-dealkylation sites (tertiary alicyclic amines) is 1. The van der Waals surface area contributed by atoms with Crippen LogP contribution in [0.2, 0.25) is 0 Å². The van der Waals surface area contributed by atoms with Crippen LogP contribution in [0.15, 0.2) is 24.3 Å². The van der Waals surface area contributed by atoms with Gasteiger partial charge in [0, 0.05) is 19.1 Å². The molecule has 2 rings (SSSR count). The largest absolute Gasteiger partial charge is 0.395 e. The van der Waals surface area contributed by atoms with E-state index in [4.69, 9.17) is 5.73 Å². The minimum absolute atomic E-state index is 0.274. The lowest BCUT2D eigenvalue weighted by Crippen LogP contribution is -2.36. The van der Waals surface area contributed by atoms with Crippen molar-refractivity contribution in [3.63, 3.8) is 0 Å². The van der Waals surface area contributed by atoms with Gasteiger partial charge in [-0.2, -0.15) is 0 Å². The highest BCUT2D eigenvalue weighted by Gasteiger charge is 2.20. The molecule has 0 aromatic heterocycles. The molecule has 3 heteroatoms. The quantitative estimate of drug-likeness (QED) is 0.855. The number of nitrogens with two attached hydrogens (primary N) is 1. The minimum atomic E-state index is 0.274. The lowest BCUT2D eigenvalue weighted by Gasteiger charge is -2.28. The Morgan fingerprint density at radius 1 is 1.22 bits per heavy atom. The van der Waals surface area contributed by atoms with Gasteiger partial charge in [0.05, 0.1) is 6.61 Å². The lowest BCUT2D eigenvalue weighted by atomic mass is 10.1. The first kappa shape index (κ1) is 13.5. The molecule has 0 aliphatic carbocycles. The van der Waals surface area contributed by atoms with E-state index in [9.17, 15) is 5.11 Å². The highest BCUT2D eigenvalue weighted by molar-refractivity contribution is 5.23. The molecule has 1 unspecified atom stereocenters. The molecule has 0 saturated carbocycles. The van der Waals surface area contributed by atoms with Crippen LogP contribution in [0, 0.1) is 0 Å². The molecular weight excluding hydrogens is 224 g/mol. The standard InChI is InChI=1S/C15H24N2O/c16-10-13-5-4-6-14(9-13)11-17-8-3-1-2-7-15(17)12-18/h4-6,9,15,18H,1-3,7-8,10-12,16H2. The predicted molar refractivity (Wildman–Crippen MR) is 74.1 cm³/mol. The number of aliphatic hydroxyl groups is 1. The normalized spacial score (nSPS) is 21.8. The van der Waals surface area contributed by atoms with Crippen molar-refractivity contribution in [1.29, 1.82) is 0 Å². The molecule has 1 aliphatic heterocycles. The average molecular weight is 248 g/mol. The molecule has 100 valence electrons. The van der Waals surface area contributed by atoms with E-state index in [2.05, 4.69) is 29.2 Å². The first-order valence-electron chi connectivity index (χ1n) is 6.96. The Balaban J connectivity index is 2.05. The Morgan fingerprint density at radius 3 is 2.83 bits per heavy atom. The topological polar surface area (TPSA) is 49.5 Å². The second kappa shape index (κ2) is 6.88. The van der Waals surface area contributed by atoms with Crippen molar-refractivity contribution in [2.45, 2.75) is 44.8 Å². The molecule has 18 heavy (non-hydrogen) atoms. The van der Waals surface area contributed by atoms with Gasteiger partial charge in [0.15, 0.2) is 0 Å². The summed E-state index contributed by atoms with van der Waals surface area (Å²) in [5.41, 5.74) is 8.16. The monoisotopic (exact) mass is 248 g/mol. The molecule has 0 radical (unpaired) electrons. The highest BCUT2D eigenvalue weighted by atomic mass is 16.3. The van der Waals surface area contributed by atoms with E-state index in [-0.39, 0.29) is 6.61 Å². The summed E-state index contributed by atoms with van der Waals surface area (Å²) >= 11 is 0. The molecule has 0 spiro atoms. The van der Waals surface area contributed by atoms with Crippen LogP contribution in [-0.2, 0) is 13.1 Å². The van der Waals surface area contributed by atoms with Crippen molar-refractivity contribution >= 4 is 0 Å². The molecule has 3 N–H and O–H groups in total. The van der Waals surface area contributed by atoms with E-state index < -0.39 is 0 Å². The highest BCUT2D eigenvalue weighted by Crippen LogP contribution is 2.19. The summed E-state index contributed by atoms with van der Waals surface area (Å²) in [4.78, 5) is 2.42. The zero-order chi connectivity index (χ0) is 12.8. The molecule has 1 aromatic carbocycles. The zero-order valence-electron chi connectivity index (χ0n) is 11.0. The fourth-order valence-corrected chi connectivity index (χ4v) is 2.74. The van der Waals surface area contributed by atoms with Crippen LogP contribution in [-0.4, -0.2) is 29.2 Å². The van der Waals surface area contributed by atoms with Crippen molar-refractivity contribution < 1.29 is 5.11 Å². The lowest BCUT2D eigenvalue weighted by molar-refractivity contribution is 0.118. The van der Waals surface area contributed by atoms with E-state index in [1.807, 2.05) is 0 Å². The summed E-state index contributed by atoms with van der Waals surface area (Å²) in [6, 6.07) is 8.80. The summed E-state index contributed by atoms with van der Waals surface area (Å²) in [5, 5.41) is 9.50. The van der Waals surface area contributed by atoms with Crippen molar-refractivity contribution in [2.24, 2.45) is 5.73 Å². The summed E-state index contributed by atoms with van der Waals surface area (Å²) in [7, 11) is 0. The first-order chi connectivity index (χ1) is 8.83. The van der Waals surface area contributed by atoms with Crippen molar-refractivity contribution in [3.8, 4) is 0 Å². The maximum atomic E-state index is 9.50. The molecule has 1 aliphatic rings. The zero-order valence-corrected chi connectivity index (χ0v) is 11.0. The Labute approximate surface area is 110 Å². The number of rotatable bonds is 4. The van der Waals surface area contributed by atoms with E-state index in [0.29, 0.717) is 12.6 Å². The van der Waals surface area contributed by atoms with Gasteiger partial charge < -0.3 is 10.8 Å². The third-order valence-corrected chi connectivity index (χ3v) is 3.82. The van der Waals surface area contributed by atoms with Gasteiger partial charge in [-0.3, -0.25) is 4.90 Å². The van der Waals surface area contributed by atoms with E-state index in [1.165, 1.54) is 30.4 Å². The van der Waals surface area contributed by atoms with E-state index in [0.717, 1.165) is 19.5 Å². The molecule has 1 saturated heterocycles. The second-order valence-corrected chi connectivity index (χ2v) is 5.18. The van der Waals surface area contributed by atoms with Gasteiger partial charge in [-0.15, -0.1) is 0 Å². The van der Waals surface area contributed by atoms with Gasteiger partial charge in [-0.05, 0) is 30.5 Å². The number of benzene rings is 1. The molecular formula is C15H24N2O. The van der Waals surface area contributed by atoms with Gasteiger partial charge in [0.25, 0.3) is 0 Å². The molecule has 1 atom stereocenters. The summed E-state index contributed by atoms with van der Waals surface area (Å²) in [6.45, 7) is 2.89. The van der Waals surface area contributed by atoms with E-state index >= 15 is 0 Å². The van der Waals surface area contributed by atoms with E-state index in [1.54, 1.807) is 0 Å². The Kier molecular flexibility index (Phi) is 5.17. The third kappa shape index (κ3) is 3.55. The fraction of sp³-hybridized carbons (Fsp3) is 0.600. The van der Waals surface area contributed by atoms with Gasteiger partial charge in [0.1, 0.15) is 0 Å². The van der Waals surface area contributed by atoms with Crippen LogP contribution in [0.1, 0.15) is 36.8 Å². The van der Waals surface area contributed by atoms with Crippen molar-refractivity contribution in [1.82, 2.24) is 4.90 Å². The van der Waals surface area contributed by atoms with Crippen molar-refractivity contribution in [3.05, 3.63) is 35.4 Å². The predicted octanol–water partition coefficient (Wildman–Crippen LogP) is 1.88. The maximum Gasteiger partial charge on any atom is 0.0586 e. The van der Waals surface area contributed by atoms with Crippen LogP contribution in [0.5, 0.6) is 0 Å². The minimum Gasteiger partial charge on any atom is -0.395 e. The van der Waals surface area contributed by atoms with Gasteiger partial charge in [-0.25, -0.2) is 0 Å². The van der Waals surface area contributed by atoms with Crippen LogP contribution in [0.25, 0.3) is 0 Å². The molecule has 0 amide bonds. The van der Waals surface area contributed by atoms with Crippen LogP contribution in [0.3, 0.4) is 0 Å². The number of hydrogen-bond acceptors (Lipinski definition) is 3. The number of nitrogens with zero attached hydrogens (tertiary/aromatic N) is 1. The summed E-state index contributed by atoms with van der Waals surface area (Å²) in [5.74, 6) is 0.